The summed E-state index contributed by atoms with van der Waals surface area (Å²) in [6.07, 6.45) is 1.66. The molecule has 0 aliphatic carbocycles. The summed E-state index contributed by atoms with van der Waals surface area (Å²) in [6, 6.07) is 0. The standard InChI is InChI=1S/C9H15N7O/c1-2-16(3-4-17)8-6-5-11-15-7(6)12-9(13-8)14-10/h5,17H,2-4,10H2,1H3,(H2,11,12,13,14,15). The molecule has 8 heteroatoms. The van der Waals surface area contributed by atoms with E-state index in [9.17, 15) is 0 Å². The van der Waals surface area contributed by atoms with Crippen LogP contribution in [0.5, 0.6) is 0 Å². The van der Waals surface area contributed by atoms with Gasteiger partial charge in [-0.1, -0.05) is 0 Å². The summed E-state index contributed by atoms with van der Waals surface area (Å²) < 4.78 is 0. The van der Waals surface area contributed by atoms with Crippen LogP contribution in [0.1, 0.15) is 6.92 Å². The molecule has 2 aromatic heterocycles. The van der Waals surface area contributed by atoms with Crippen LogP contribution in [0.15, 0.2) is 6.20 Å². The Morgan fingerprint density at radius 3 is 3.00 bits per heavy atom. The van der Waals surface area contributed by atoms with Crippen molar-refractivity contribution in [3.63, 3.8) is 0 Å². The molecule has 92 valence electrons. The van der Waals surface area contributed by atoms with E-state index in [1.807, 2.05) is 11.8 Å². The Morgan fingerprint density at radius 1 is 1.53 bits per heavy atom. The fourth-order valence-electron chi connectivity index (χ4n) is 1.66. The summed E-state index contributed by atoms with van der Waals surface area (Å²) in [5, 5.41) is 16.5. The molecule has 0 aliphatic rings. The summed E-state index contributed by atoms with van der Waals surface area (Å²) in [4.78, 5) is 10.4. The Hall–Kier alpha value is -1.93. The second kappa shape index (κ2) is 4.93. The third-order valence-electron chi connectivity index (χ3n) is 2.47. The zero-order chi connectivity index (χ0) is 12.3. The van der Waals surface area contributed by atoms with Crippen LogP contribution in [0.25, 0.3) is 11.0 Å². The van der Waals surface area contributed by atoms with Crippen molar-refractivity contribution < 1.29 is 5.11 Å². The molecule has 0 radical (unpaired) electrons. The third kappa shape index (κ3) is 2.12. The van der Waals surface area contributed by atoms with Crippen molar-refractivity contribution in [2.24, 2.45) is 5.84 Å². The van der Waals surface area contributed by atoms with Crippen molar-refractivity contribution >= 4 is 22.8 Å². The van der Waals surface area contributed by atoms with E-state index in [1.165, 1.54) is 0 Å². The number of hydrazine groups is 1. The van der Waals surface area contributed by atoms with Gasteiger partial charge >= 0.3 is 0 Å². The summed E-state index contributed by atoms with van der Waals surface area (Å²) >= 11 is 0. The number of aromatic nitrogens is 4. The molecule has 17 heavy (non-hydrogen) atoms. The molecule has 8 nitrogen and oxygen atoms in total. The average Bonchev–Trinajstić information content (AvgIpc) is 2.82. The van der Waals surface area contributed by atoms with Crippen molar-refractivity contribution in [1.82, 2.24) is 20.2 Å². The fraction of sp³-hybridized carbons (Fsp3) is 0.444. The lowest BCUT2D eigenvalue weighted by Crippen LogP contribution is -2.28. The molecule has 2 aromatic rings. The molecule has 0 atom stereocenters. The van der Waals surface area contributed by atoms with Gasteiger partial charge in [-0.2, -0.15) is 15.1 Å². The Balaban J connectivity index is 2.52. The number of aliphatic hydroxyl groups is 1. The topological polar surface area (TPSA) is 116 Å². The maximum absolute atomic E-state index is 9.03. The maximum Gasteiger partial charge on any atom is 0.241 e. The summed E-state index contributed by atoms with van der Waals surface area (Å²) in [6.45, 7) is 3.27. The second-order valence-electron chi connectivity index (χ2n) is 3.45. The number of hydrogen-bond acceptors (Lipinski definition) is 7. The first-order valence-electron chi connectivity index (χ1n) is 5.33. The molecule has 0 amide bonds. The number of anilines is 2. The lowest BCUT2D eigenvalue weighted by atomic mass is 10.3. The number of nitrogens with two attached hydrogens (primary N) is 1. The first kappa shape index (κ1) is 11.6. The first-order chi connectivity index (χ1) is 8.30. The number of nitrogen functional groups attached to an aromatic ring is 1. The number of nitrogens with one attached hydrogen (secondary N) is 2. The predicted octanol–water partition coefficient (Wildman–Crippen LogP) is -0.543. The smallest absolute Gasteiger partial charge is 0.241 e. The average molecular weight is 237 g/mol. The van der Waals surface area contributed by atoms with Gasteiger partial charge in [0.05, 0.1) is 18.2 Å². The van der Waals surface area contributed by atoms with E-state index in [-0.39, 0.29) is 6.61 Å². The second-order valence-corrected chi connectivity index (χ2v) is 3.45. The van der Waals surface area contributed by atoms with E-state index in [2.05, 4.69) is 25.6 Å². The van der Waals surface area contributed by atoms with E-state index >= 15 is 0 Å². The third-order valence-corrected chi connectivity index (χ3v) is 2.47. The Kier molecular flexibility index (Phi) is 3.35. The fourth-order valence-corrected chi connectivity index (χ4v) is 1.66. The Bertz CT molecular complexity index is 497. The number of aromatic amines is 1. The lowest BCUT2D eigenvalue weighted by Gasteiger charge is -2.21. The van der Waals surface area contributed by atoms with Crippen molar-refractivity contribution in [3.8, 4) is 0 Å². The van der Waals surface area contributed by atoms with Crippen LogP contribution in [0.4, 0.5) is 11.8 Å². The Labute approximate surface area is 97.8 Å². The number of nitrogens with zero attached hydrogens (tertiary/aromatic N) is 4. The number of H-pyrrole nitrogens is 1. The van der Waals surface area contributed by atoms with Crippen LogP contribution in [0, 0.1) is 0 Å². The van der Waals surface area contributed by atoms with E-state index in [0.29, 0.717) is 24.0 Å². The highest BCUT2D eigenvalue weighted by molar-refractivity contribution is 5.87. The minimum absolute atomic E-state index is 0.0581. The van der Waals surface area contributed by atoms with E-state index in [0.717, 1.165) is 11.9 Å². The SMILES string of the molecule is CCN(CCO)c1nc(NN)nc2[nH]ncc12. The van der Waals surface area contributed by atoms with Gasteiger partial charge in [0.25, 0.3) is 0 Å². The molecule has 0 aromatic carbocycles. The van der Waals surface area contributed by atoms with Gasteiger partial charge in [-0.25, -0.2) is 5.84 Å². The van der Waals surface area contributed by atoms with Gasteiger partial charge in [0.1, 0.15) is 5.82 Å². The summed E-state index contributed by atoms with van der Waals surface area (Å²) in [5.41, 5.74) is 3.02. The van der Waals surface area contributed by atoms with Crippen molar-refractivity contribution in [2.75, 3.05) is 30.0 Å². The van der Waals surface area contributed by atoms with Crippen LogP contribution in [0.3, 0.4) is 0 Å². The highest BCUT2D eigenvalue weighted by Gasteiger charge is 2.14. The minimum atomic E-state index is 0.0581. The largest absolute Gasteiger partial charge is 0.395 e. The molecule has 0 spiro atoms. The zero-order valence-corrected chi connectivity index (χ0v) is 9.51. The van der Waals surface area contributed by atoms with Crippen molar-refractivity contribution in [2.45, 2.75) is 6.92 Å². The molecule has 0 saturated carbocycles. The summed E-state index contributed by atoms with van der Waals surface area (Å²) in [7, 11) is 0. The zero-order valence-electron chi connectivity index (χ0n) is 9.51. The van der Waals surface area contributed by atoms with E-state index in [1.54, 1.807) is 6.20 Å². The van der Waals surface area contributed by atoms with Crippen LogP contribution < -0.4 is 16.2 Å². The van der Waals surface area contributed by atoms with Gasteiger partial charge in [-0.05, 0) is 6.92 Å². The molecule has 0 saturated heterocycles. The highest BCUT2D eigenvalue weighted by atomic mass is 16.3. The molecule has 0 fully saturated rings. The van der Waals surface area contributed by atoms with Crippen LogP contribution in [-0.2, 0) is 0 Å². The van der Waals surface area contributed by atoms with Crippen molar-refractivity contribution in [3.05, 3.63) is 6.20 Å². The van der Waals surface area contributed by atoms with Gasteiger partial charge in [0.2, 0.25) is 5.95 Å². The van der Waals surface area contributed by atoms with Gasteiger partial charge in [-0.15, -0.1) is 0 Å². The van der Waals surface area contributed by atoms with Gasteiger partial charge in [0.15, 0.2) is 5.65 Å². The number of rotatable bonds is 5. The van der Waals surface area contributed by atoms with Gasteiger partial charge in [-0.3, -0.25) is 10.5 Å². The normalized spacial score (nSPS) is 10.8. The quantitative estimate of drug-likeness (QED) is 0.407. The lowest BCUT2D eigenvalue weighted by molar-refractivity contribution is 0.302. The van der Waals surface area contributed by atoms with Crippen LogP contribution >= 0.6 is 0 Å². The first-order valence-corrected chi connectivity index (χ1v) is 5.33. The van der Waals surface area contributed by atoms with E-state index in [4.69, 9.17) is 10.9 Å². The molecule has 0 aliphatic heterocycles. The maximum atomic E-state index is 9.03. The molecule has 2 heterocycles. The molecular weight excluding hydrogens is 222 g/mol. The number of hydrogen-bond donors (Lipinski definition) is 4. The van der Waals surface area contributed by atoms with Gasteiger partial charge in [0, 0.05) is 13.1 Å². The molecule has 0 bridgehead atoms. The molecule has 5 N–H and O–H groups in total. The molecular formula is C9H15N7O. The number of aliphatic hydroxyl groups excluding tert-OH is 1. The number of likely N-dealkylation sites (N-methyl/N-ethyl adjacent to an activating group) is 1. The highest BCUT2D eigenvalue weighted by Crippen LogP contribution is 2.23. The minimum Gasteiger partial charge on any atom is -0.395 e. The summed E-state index contributed by atoms with van der Waals surface area (Å²) in [5.74, 6) is 6.33. The van der Waals surface area contributed by atoms with E-state index < -0.39 is 0 Å². The van der Waals surface area contributed by atoms with Crippen molar-refractivity contribution in [1.29, 1.82) is 0 Å². The molecule has 0 unspecified atom stereocenters. The molecule has 2 rings (SSSR count). The predicted molar refractivity (Wildman–Crippen MR) is 64.5 cm³/mol. The van der Waals surface area contributed by atoms with Gasteiger partial charge < -0.3 is 10.0 Å². The van der Waals surface area contributed by atoms with Crippen LogP contribution in [0.2, 0.25) is 0 Å². The monoisotopic (exact) mass is 237 g/mol. The number of fused-ring (bicyclic) bond motifs is 1. The van der Waals surface area contributed by atoms with Crippen LogP contribution in [-0.4, -0.2) is 45.0 Å². The Morgan fingerprint density at radius 2 is 2.35 bits per heavy atom.